The molecule has 130 valence electrons. The smallest absolute Gasteiger partial charge is 0.311 e. The average Bonchev–Trinajstić information content (AvgIpc) is 2.57. The Hall–Kier alpha value is -2.77. The predicted molar refractivity (Wildman–Crippen MR) is 85.5 cm³/mol. The van der Waals surface area contributed by atoms with E-state index in [1.165, 1.54) is 31.4 Å². The highest BCUT2D eigenvalue weighted by Gasteiger charge is 2.29. The van der Waals surface area contributed by atoms with Crippen molar-refractivity contribution < 1.29 is 24.0 Å². The number of nitrogens with zero attached hydrogens (tertiary/aromatic N) is 1. The van der Waals surface area contributed by atoms with Crippen molar-refractivity contribution >= 4 is 23.3 Å². The highest BCUT2D eigenvalue weighted by Crippen LogP contribution is 2.23. The van der Waals surface area contributed by atoms with Crippen LogP contribution < -0.4 is 5.32 Å². The summed E-state index contributed by atoms with van der Waals surface area (Å²) in [6.45, 7) is 3.14. The van der Waals surface area contributed by atoms with Gasteiger partial charge in [-0.05, 0) is 32.4 Å². The van der Waals surface area contributed by atoms with Gasteiger partial charge in [0.25, 0.3) is 5.69 Å². The molecule has 8 heteroatoms. The van der Waals surface area contributed by atoms with E-state index in [1.54, 1.807) is 13.8 Å². The number of benzene rings is 1. The molecule has 0 radical (unpaired) electrons. The van der Waals surface area contributed by atoms with Gasteiger partial charge in [0.2, 0.25) is 5.91 Å². The summed E-state index contributed by atoms with van der Waals surface area (Å²) in [6, 6.07) is 5.14. The number of methoxy groups -OCH3 is 1. The Morgan fingerprint density at radius 2 is 1.79 bits per heavy atom. The summed E-state index contributed by atoms with van der Waals surface area (Å²) in [5, 5.41) is 13.0. The minimum absolute atomic E-state index is 0.0790. The number of esters is 1. The van der Waals surface area contributed by atoms with E-state index in [9.17, 15) is 24.5 Å². The molecule has 0 atom stereocenters. The molecular weight excluding hydrogens is 316 g/mol. The lowest BCUT2D eigenvalue weighted by molar-refractivity contribution is -0.384. The fraction of sp³-hybridized carbons (Fsp3) is 0.438. The molecule has 0 aliphatic carbocycles. The van der Waals surface area contributed by atoms with Crippen molar-refractivity contribution in [2.75, 3.05) is 13.7 Å². The number of rotatable bonds is 8. The van der Waals surface area contributed by atoms with Crippen LogP contribution in [-0.4, -0.2) is 36.2 Å². The van der Waals surface area contributed by atoms with E-state index in [0.29, 0.717) is 0 Å². The van der Waals surface area contributed by atoms with Gasteiger partial charge in [-0.15, -0.1) is 0 Å². The summed E-state index contributed by atoms with van der Waals surface area (Å²) in [6.07, 6.45) is 0.368. The van der Waals surface area contributed by atoms with Crippen molar-refractivity contribution in [2.24, 2.45) is 5.41 Å². The lowest BCUT2D eigenvalue weighted by Gasteiger charge is -2.20. The summed E-state index contributed by atoms with van der Waals surface area (Å²) in [4.78, 5) is 45.2. The normalized spacial score (nSPS) is 10.8. The van der Waals surface area contributed by atoms with Crippen molar-refractivity contribution in [3.63, 3.8) is 0 Å². The number of nitrogens with one attached hydrogen (secondary N) is 1. The van der Waals surface area contributed by atoms with E-state index >= 15 is 0 Å². The van der Waals surface area contributed by atoms with Gasteiger partial charge in [-0.2, -0.15) is 0 Å². The third-order valence-electron chi connectivity index (χ3n) is 3.56. The maximum atomic E-state index is 11.9. The molecule has 0 aliphatic heterocycles. The molecule has 0 saturated heterocycles. The molecule has 1 N–H and O–H groups in total. The molecular formula is C16H20N2O6. The minimum Gasteiger partial charge on any atom is -0.469 e. The number of Topliss-reactive ketones (excluding diaryl/α,β-unsaturated/α-hetero) is 1. The van der Waals surface area contributed by atoms with Crippen LogP contribution in [0.2, 0.25) is 0 Å². The largest absolute Gasteiger partial charge is 0.469 e. The monoisotopic (exact) mass is 336 g/mol. The molecule has 0 aliphatic rings. The number of carbonyl (C=O) groups is 3. The topological polar surface area (TPSA) is 116 Å². The molecule has 0 heterocycles. The fourth-order valence-electron chi connectivity index (χ4n) is 1.94. The molecule has 0 aromatic heterocycles. The van der Waals surface area contributed by atoms with Crippen LogP contribution in [0.25, 0.3) is 0 Å². The maximum absolute atomic E-state index is 11.9. The van der Waals surface area contributed by atoms with Crippen LogP contribution >= 0.6 is 0 Å². The van der Waals surface area contributed by atoms with Crippen LogP contribution in [0.4, 0.5) is 5.69 Å². The zero-order valence-corrected chi connectivity index (χ0v) is 13.8. The van der Waals surface area contributed by atoms with E-state index in [1.807, 2.05) is 0 Å². The highest BCUT2D eigenvalue weighted by molar-refractivity contribution is 5.99. The van der Waals surface area contributed by atoms with Gasteiger partial charge in [0.1, 0.15) is 0 Å². The standard InChI is InChI=1S/C16H20N2O6/c1-16(2,15(21)24-3)9-8-14(20)17-10-13(19)11-4-6-12(7-5-11)18(22)23/h4-7H,8-10H2,1-3H3,(H,17,20). The number of hydrogen-bond donors (Lipinski definition) is 1. The number of nitro benzene ring substituents is 1. The number of ketones is 1. The SMILES string of the molecule is COC(=O)C(C)(C)CCC(=O)NCC(=O)c1ccc([N+](=O)[O-])cc1. The zero-order chi connectivity index (χ0) is 18.3. The van der Waals surface area contributed by atoms with E-state index in [2.05, 4.69) is 10.1 Å². The summed E-state index contributed by atoms with van der Waals surface area (Å²) < 4.78 is 4.66. The number of non-ortho nitro benzene ring substituents is 1. The highest BCUT2D eigenvalue weighted by atomic mass is 16.6. The van der Waals surface area contributed by atoms with E-state index in [-0.39, 0.29) is 42.3 Å². The third kappa shape index (κ3) is 5.45. The lowest BCUT2D eigenvalue weighted by atomic mass is 9.88. The predicted octanol–water partition coefficient (Wildman–Crippen LogP) is 1.87. The Bertz CT molecular complexity index is 636. The molecule has 1 rings (SSSR count). The van der Waals surface area contributed by atoms with Gasteiger partial charge in [0.05, 0.1) is 24.0 Å². The van der Waals surface area contributed by atoms with Gasteiger partial charge < -0.3 is 10.1 Å². The summed E-state index contributed by atoms with van der Waals surface area (Å²) in [7, 11) is 1.28. The third-order valence-corrected chi connectivity index (χ3v) is 3.56. The van der Waals surface area contributed by atoms with E-state index < -0.39 is 16.3 Å². The molecule has 0 bridgehead atoms. The molecule has 0 spiro atoms. The Balaban J connectivity index is 2.48. The van der Waals surface area contributed by atoms with Crippen LogP contribution in [0.5, 0.6) is 0 Å². The molecule has 0 saturated carbocycles. The molecule has 1 aromatic carbocycles. The first-order valence-corrected chi connectivity index (χ1v) is 7.30. The van der Waals surface area contributed by atoms with Crippen LogP contribution in [0.3, 0.4) is 0 Å². The molecule has 8 nitrogen and oxygen atoms in total. The van der Waals surface area contributed by atoms with Crippen molar-refractivity contribution in [1.82, 2.24) is 5.32 Å². The van der Waals surface area contributed by atoms with Crippen LogP contribution in [0.15, 0.2) is 24.3 Å². The van der Waals surface area contributed by atoms with Crippen LogP contribution in [0.1, 0.15) is 37.0 Å². The Morgan fingerprint density at radius 3 is 2.29 bits per heavy atom. The molecule has 1 amide bonds. The quantitative estimate of drug-likeness (QED) is 0.335. The van der Waals surface area contributed by atoms with Gasteiger partial charge in [0, 0.05) is 24.1 Å². The van der Waals surface area contributed by atoms with Gasteiger partial charge in [-0.25, -0.2) is 0 Å². The molecule has 0 fully saturated rings. The van der Waals surface area contributed by atoms with Crippen LogP contribution in [-0.2, 0) is 14.3 Å². The number of amides is 1. The van der Waals surface area contributed by atoms with Crippen molar-refractivity contribution in [3.8, 4) is 0 Å². The van der Waals surface area contributed by atoms with Crippen molar-refractivity contribution in [2.45, 2.75) is 26.7 Å². The Labute approximate surface area is 139 Å². The second-order valence-electron chi connectivity index (χ2n) is 5.88. The molecule has 24 heavy (non-hydrogen) atoms. The minimum atomic E-state index is -0.783. The average molecular weight is 336 g/mol. The Kier molecular flexibility index (Phi) is 6.58. The zero-order valence-electron chi connectivity index (χ0n) is 13.8. The van der Waals surface area contributed by atoms with Gasteiger partial charge in [-0.3, -0.25) is 24.5 Å². The number of nitro groups is 1. The first kappa shape index (κ1) is 19.3. The van der Waals surface area contributed by atoms with Crippen LogP contribution in [0, 0.1) is 15.5 Å². The molecule has 1 aromatic rings. The summed E-state index contributed by atoms with van der Waals surface area (Å²) in [5.74, 6) is -1.12. The van der Waals surface area contributed by atoms with Crippen molar-refractivity contribution in [3.05, 3.63) is 39.9 Å². The second kappa shape index (κ2) is 8.19. The fourth-order valence-corrected chi connectivity index (χ4v) is 1.94. The van der Waals surface area contributed by atoms with E-state index in [4.69, 9.17) is 0 Å². The first-order valence-electron chi connectivity index (χ1n) is 7.30. The molecule has 0 unspecified atom stereocenters. The first-order chi connectivity index (χ1) is 11.2. The number of hydrogen-bond acceptors (Lipinski definition) is 6. The summed E-state index contributed by atoms with van der Waals surface area (Å²) in [5.41, 5.74) is -0.620. The lowest BCUT2D eigenvalue weighted by Crippen LogP contribution is -2.32. The maximum Gasteiger partial charge on any atom is 0.311 e. The number of carbonyl (C=O) groups excluding carboxylic acids is 3. The van der Waals surface area contributed by atoms with Gasteiger partial charge >= 0.3 is 5.97 Å². The second-order valence-corrected chi connectivity index (χ2v) is 5.88. The number of ether oxygens (including phenoxy) is 1. The Morgan fingerprint density at radius 1 is 1.21 bits per heavy atom. The van der Waals surface area contributed by atoms with E-state index in [0.717, 1.165) is 0 Å². The summed E-state index contributed by atoms with van der Waals surface area (Å²) >= 11 is 0. The van der Waals surface area contributed by atoms with Crippen molar-refractivity contribution in [1.29, 1.82) is 0 Å². The van der Waals surface area contributed by atoms with Gasteiger partial charge in [-0.1, -0.05) is 0 Å². The van der Waals surface area contributed by atoms with Gasteiger partial charge in [0.15, 0.2) is 5.78 Å².